The second-order valence-corrected chi connectivity index (χ2v) is 9.48. The van der Waals surface area contributed by atoms with E-state index >= 15 is 0 Å². The molecule has 1 aliphatic heterocycles. The van der Waals surface area contributed by atoms with Gasteiger partial charge in [0.25, 0.3) is 0 Å². The van der Waals surface area contributed by atoms with Crippen LogP contribution in [0.2, 0.25) is 0 Å². The highest BCUT2D eigenvalue weighted by atomic mass is 16.5. The van der Waals surface area contributed by atoms with Gasteiger partial charge >= 0.3 is 0 Å². The van der Waals surface area contributed by atoms with Gasteiger partial charge in [-0.05, 0) is 29.7 Å². The second kappa shape index (κ2) is 8.36. The van der Waals surface area contributed by atoms with Gasteiger partial charge in [-0.3, -0.25) is 4.90 Å². The second-order valence-electron chi connectivity index (χ2n) is 9.48. The molecule has 0 spiro atoms. The molecule has 0 atom stereocenters. The molecule has 0 amide bonds. The van der Waals surface area contributed by atoms with Crippen molar-refractivity contribution in [3.05, 3.63) is 53.7 Å². The van der Waals surface area contributed by atoms with Crippen LogP contribution in [0.1, 0.15) is 31.9 Å². The molecule has 6 nitrogen and oxygen atoms in total. The summed E-state index contributed by atoms with van der Waals surface area (Å²) in [7, 11) is 2.17. The van der Waals surface area contributed by atoms with Gasteiger partial charge in [0.05, 0.1) is 11.8 Å². The van der Waals surface area contributed by atoms with Crippen molar-refractivity contribution in [1.82, 2.24) is 15.0 Å². The molecule has 0 bridgehead atoms. The minimum Gasteiger partial charge on any atom is -0.508 e. The van der Waals surface area contributed by atoms with Crippen molar-refractivity contribution in [1.29, 1.82) is 0 Å². The predicted octanol–water partition coefficient (Wildman–Crippen LogP) is 4.46. The Bertz CT molecular complexity index is 1040. The summed E-state index contributed by atoms with van der Waals surface area (Å²) in [6.45, 7) is 11.4. The largest absolute Gasteiger partial charge is 0.508 e. The van der Waals surface area contributed by atoms with Crippen LogP contribution in [-0.2, 0) is 12.0 Å². The summed E-state index contributed by atoms with van der Waals surface area (Å²) in [6.07, 6.45) is 1.67. The molecule has 0 unspecified atom stereocenters. The van der Waals surface area contributed by atoms with Crippen molar-refractivity contribution < 1.29 is 14.7 Å². The molecule has 1 aliphatic rings. The molecular formula is C25H31N3O3. The Hall–Kier alpha value is -2.83. The Morgan fingerprint density at radius 3 is 2.26 bits per heavy atom. The first-order valence-electron chi connectivity index (χ1n) is 10.7. The molecular weight excluding hydrogens is 390 g/mol. The van der Waals surface area contributed by atoms with Crippen molar-refractivity contribution in [2.24, 2.45) is 0 Å². The first kappa shape index (κ1) is 21.4. The molecule has 1 saturated heterocycles. The Morgan fingerprint density at radius 2 is 1.61 bits per heavy atom. The van der Waals surface area contributed by atoms with Gasteiger partial charge in [0, 0.05) is 49.9 Å². The molecule has 1 aromatic heterocycles. The number of phenolic OH excluding ortho intramolecular Hbond substituents is 2. The summed E-state index contributed by atoms with van der Waals surface area (Å²) in [4.78, 5) is 4.83. The molecule has 0 saturated carbocycles. The Labute approximate surface area is 183 Å². The molecule has 3 aromatic rings. The number of likely N-dealkylation sites (N-methyl/N-ethyl adjacent to an activating group) is 1. The van der Waals surface area contributed by atoms with Crippen molar-refractivity contribution in [2.45, 2.75) is 32.7 Å². The third-order valence-corrected chi connectivity index (χ3v) is 6.00. The van der Waals surface area contributed by atoms with E-state index in [9.17, 15) is 10.2 Å². The van der Waals surface area contributed by atoms with Gasteiger partial charge < -0.3 is 19.6 Å². The molecule has 2 aromatic carbocycles. The first-order valence-corrected chi connectivity index (χ1v) is 10.7. The fourth-order valence-corrected chi connectivity index (χ4v) is 4.05. The van der Waals surface area contributed by atoms with Crippen LogP contribution in [0.25, 0.3) is 22.5 Å². The fraction of sp³-hybridized carbons (Fsp3) is 0.400. The van der Waals surface area contributed by atoms with Crippen LogP contribution < -0.4 is 0 Å². The van der Waals surface area contributed by atoms with E-state index in [-0.39, 0.29) is 16.9 Å². The van der Waals surface area contributed by atoms with Crippen LogP contribution in [0.3, 0.4) is 0 Å². The van der Waals surface area contributed by atoms with Crippen LogP contribution in [0.15, 0.2) is 47.1 Å². The quantitative estimate of drug-likeness (QED) is 0.648. The number of benzene rings is 2. The summed E-state index contributed by atoms with van der Waals surface area (Å²) < 4.78 is 5.55. The zero-order valence-corrected chi connectivity index (χ0v) is 18.7. The van der Waals surface area contributed by atoms with E-state index < -0.39 is 0 Å². The number of piperazine rings is 1. The highest BCUT2D eigenvalue weighted by molar-refractivity contribution is 5.82. The minimum absolute atomic E-state index is 0.0322. The Kier molecular flexibility index (Phi) is 5.77. The maximum Gasteiger partial charge on any atom is 0.178 e. The Morgan fingerprint density at radius 1 is 0.935 bits per heavy atom. The van der Waals surface area contributed by atoms with Crippen LogP contribution in [0.4, 0.5) is 0 Å². The molecule has 164 valence electrons. The SMILES string of the molecule is CN1CCN(Cc2ccc(-c3cnoc3-c3cc(C(C)(C)C)c(O)cc3O)cc2)CC1. The van der Waals surface area contributed by atoms with Gasteiger partial charge in [0.2, 0.25) is 0 Å². The van der Waals surface area contributed by atoms with Crippen molar-refractivity contribution >= 4 is 0 Å². The summed E-state index contributed by atoms with van der Waals surface area (Å²) in [5.74, 6) is 0.535. The van der Waals surface area contributed by atoms with Crippen molar-refractivity contribution in [3.8, 4) is 33.9 Å². The lowest BCUT2D eigenvalue weighted by molar-refractivity contribution is 0.148. The monoisotopic (exact) mass is 421 g/mol. The fourth-order valence-electron chi connectivity index (χ4n) is 4.05. The van der Waals surface area contributed by atoms with E-state index in [1.165, 1.54) is 11.6 Å². The number of nitrogens with zero attached hydrogens (tertiary/aromatic N) is 3. The standard InChI is InChI=1S/C25H31N3O3/c1-25(2,3)21-13-19(22(29)14-23(21)30)24-20(15-26-31-24)18-7-5-17(6-8-18)16-28-11-9-27(4)10-12-28/h5-8,13-15,29-30H,9-12,16H2,1-4H3. The lowest BCUT2D eigenvalue weighted by Gasteiger charge is -2.32. The van der Waals surface area contributed by atoms with Gasteiger partial charge in [-0.2, -0.15) is 0 Å². The maximum absolute atomic E-state index is 10.5. The van der Waals surface area contributed by atoms with E-state index in [1.54, 1.807) is 12.3 Å². The highest BCUT2D eigenvalue weighted by Gasteiger charge is 2.24. The average Bonchev–Trinajstić information content (AvgIpc) is 3.19. The summed E-state index contributed by atoms with van der Waals surface area (Å²) in [6, 6.07) is 11.6. The highest BCUT2D eigenvalue weighted by Crippen LogP contribution is 2.42. The summed E-state index contributed by atoms with van der Waals surface area (Å²) >= 11 is 0. The molecule has 2 N–H and O–H groups in total. The van der Waals surface area contributed by atoms with Crippen molar-refractivity contribution in [2.75, 3.05) is 33.2 Å². The van der Waals surface area contributed by atoms with Crippen molar-refractivity contribution in [3.63, 3.8) is 0 Å². The lowest BCUT2D eigenvalue weighted by atomic mass is 9.84. The number of hydrogen-bond acceptors (Lipinski definition) is 6. The van der Waals surface area contributed by atoms with Crippen LogP contribution in [-0.4, -0.2) is 58.4 Å². The van der Waals surface area contributed by atoms with E-state index in [0.29, 0.717) is 11.3 Å². The van der Waals surface area contributed by atoms with Gasteiger partial charge in [-0.25, -0.2) is 0 Å². The number of aromatic hydroxyl groups is 2. The molecule has 2 heterocycles. The Balaban J connectivity index is 1.60. The molecule has 31 heavy (non-hydrogen) atoms. The molecule has 4 rings (SSSR count). The van der Waals surface area contributed by atoms with Gasteiger partial charge in [-0.1, -0.05) is 50.2 Å². The van der Waals surface area contributed by atoms with Gasteiger partial charge in [0.15, 0.2) is 5.76 Å². The smallest absolute Gasteiger partial charge is 0.178 e. The minimum atomic E-state index is -0.280. The number of hydrogen-bond donors (Lipinski definition) is 2. The third kappa shape index (κ3) is 4.60. The van der Waals surface area contributed by atoms with Gasteiger partial charge in [-0.15, -0.1) is 0 Å². The lowest BCUT2D eigenvalue weighted by Crippen LogP contribution is -2.43. The van der Waals surface area contributed by atoms with Crippen LogP contribution in [0, 0.1) is 0 Å². The van der Waals surface area contributed by atoms with E-state index in [1.807, 2.05) is 20.8 Å². The number of aromatic nitrogens is 1. The maximum atomic E-state index is 10.5. The zero-order valence-electron chi connectivity index (χ0n) is 18.7. The summed E-state index contributed by atoms with van der Waals surface area (Å²) in [5, 5.41) is 24.8. The third-order valence-electron chi connectivity index (χ3n) is 6.00. The first-order chi connectivity index (χ1) is 14.7. The van der Waals surface area contributed by atoms with Crippen LogP contribution >= 0.6 is 0 Å². The van der Waals surface area contributed by atoms with E-state index in [2.05, 4.69) is 46.3 Å². The van der Waals surface area contributed by atoms with Gasteiger partial charge in [0.1, 0.15) is 11.5 Å². The number of rotatable bonds is 4. The number of phenols is 2. The topological polar surface area (TPSA) is 73.0 Å². The van der Waals surface area contributed by atoms with E-state index in [0.717, 1.165) is 49.4 Å². The predicted molar refractivity (Wildman–Crippen MR) is 122 cm³/mol. The molecule has 0 radical (unpaired) electrons. The van der Waals surface area contributed by atoms with Crippen LogP contribution in [0.5, 0.6) is 11.5 Å². The molecule has 0 aliphatic carbocycles. The zero-order chi connectivity index (χ0) is 22.2. The average molecular weight is 422 g/mol. The summed E-state index contributed by atoms with van der Waals surface area (Å²) in [5.41, 5.74) is 4.04. The molecule has 1 fully saturated rings. The normalized spacial score (nSPS) is 16.0. The molecule has 6 heteroatoms. The van der Waals surface area contributed by atoms with E-state index in [4.69, 9.17) is 4.52 Å².